The number of halogens is 1. The fraction of sp³-hybridized carbons (Fsp3) is 0.571. The summed E-state index contributed by atoms with van der Waals surface area (Å²) >= 11 is 3.33. The predicted molar refractivity (Wildman–Crippen MR) is 111 cm³/mol. The van der Waals surface area contributed by atoms with E-state index in [1.807, 2.05) is 6.92 Å². The summed E-state index contributed by atoms with van der Waals surface area (Å²) in [4.78, 5) is 40.7. The predicted octanol–water partition coefficient (Wildman–Crippen LogP) is 3.06. The van der Waals surface area contributed by atoms with Crippen molar-refractivity contribution in [1.82, 2.24) is 15.1 Å². The smallest absolute Gasteiger partial charge is 0.261 e. The van der Waals surface area contributed by atoms with E-state index < -0.39 is 0 Å². The van der Waals surface area contributed by atoms with Crippen molar-refractivity contribution in [3.8, 4) is 0 Å². The van der Waals surface area contributed by atoms with Gasteiger partial charge in [-0.2, -0.15) is 0 Å². The van der Waals surface area contributed by atoms with E-state index in [-0.39, 0.29) is 30.3 Å². The molecule has 1 aromatic carbocycles. The molecular weight excluding hydrogens is 422 g/mol. The molecule has 0 aliphatic carbocycles. The molecule has 0 radical (unpaired) electrons. The van der Waals surface area contributed by atoms with Crippen LogP contribution in [0.2, 0.25) is 0 Å². The second-order valence-electron chi connectivity index (χ2n) is 8.03. The Kier molecular flexibility index (Phi) is 6.88. The van der Waals surface area contributed by atoms with Gasteiger partial charge in [0.05, 0.1) is 11.1 Å². The van der Waals surface area contributed by atoms with Crippen molar-refractivity contribution in [2.45, 2.75) is 45.6 Å². The highest BCUT2D eigenvalue weighted by Crippen LogP contribution is 2.26. The molecule has 1 fully saturated rings. The lowest BCUT2D eigenvalue weighted by Gasteiger charge is -2.32. The third-order valence-corrected chi connectivity index (χ3v) is 5.89. The van der Waals surface area contributed by atoms with Gasteiger partial charge in [-0.3, -0.25) is 19.3 Å². The van der Waals surface area contributed by atoms with Crippen LogP contribution in [0.25, 0.3) is 0 Å². The van der Waals surface area contributed by atoms with Crippen LogP contribution in [0.1, 0.15) is 60.2 Å². The zero-order valence-electron chi connectivity index (χ0n) is 16.5. The Morgan fingerprint density at radius 3 is 2.79 bits per heavy atom. The fourth-order valence-corrected chi connectivity index (χ4v) is 4.46. The Morgan fingerprint density at radius 2 is 2.04 bits per heavy atom. The number of amides is 3. The number of imide groups is 1. The number of benzene rings is 1. The summed E-state index contributed by atoms with van der Waals surface area (Å²) in [6, 6.07) is 5.18. The summed E-state index contributed by atoms with van der Waals surface area (Å²) < 4.78 is 0.769. The molecule has 0 saturated carbocycles. The molecule has 1 N–H and O–H groups in total. The van der Waals surface area contributed by atoms with Crippen molar-refractivity contribution < 1.29 is 14.4 Å². The maximum Gasteiger partial charge on any atom is 0.261 e. The minimum Gasteiger partial charge on any atom is -0.352 e. The van der Waals surface area contributed by atoms with Crippen LogP contribution >= 0.6 is 15.9 Å². The van der Waals surface area contributed by atoms with E-state index >= 15 is 0 Å². The first kappa shape index (κ1) is 21.0. The Labute approximate surface area is 174 Å². The Bertz CT molecular complexity index is 767. The van der Waals surface area contributed by atoms with Gasteiger partial charge in [-0.05, 0) is 56.8 Å². The van der Waals surface area contributed by atoms with Gasteiger partial charge in [0.25, 0.3) is 11.8 Å². The van der Waals surface area contributed by atoms with Crippen molar-refractivity contribution in [3.05, 3.63) is 33.8 Å². The minimum absolute atomic E-state index is 0.0306. The molecule has 0 aromatic heterocycles. The zero-order valence-corrected chi connectivity index (χ0v) is 18.1. The average Bonchev–Trinajstić information content (AvgIpc) is 2.86. The van der Waals surface area contributed by atoms with E-state index in [4.69, 9.17) is 0 Å². The van der Waals surface area contributed by atoms with Gasteiger partial charge >= 0.3 is 0 Å². The third kappa shape index (κ3) is 5.00. The number of likely N-dealkylation sites (tertiary alicyclic amines) is 1. The van der Waals surface area contributed by atoms with Crippen molar-refractivity contribution in [2.75, 3.05) is 26.2 Å². The molecule has 0 spiro atoms. The van der Waals surface area contributed by atoms with Gasteiger partial charge < -0.3 is 10.2 Å². The largest absolute Gasteiger partial charge is 0.352 e. The van der Waals surface area contributed by atoms with Crippen LogP contribution in [0, 0.1) is 5.92 Å². The number of carbonyl (C=O) groups excluding carboxylic acids is 3. The number of hydrogen-bond donors (Lipinski definition) is 1. The molecule has 2 unspecified atom stereocenters. The highest BCUT2D eigenvalue weighted by atomic mass is 79.9. The van der Waals surface area contributed by atoms with Gasteiger partial charge in [0.15, 0.2) is 0 Å². The zero-order chi connectivity index (χ0) is 20.3. The lowest BCUT2D eigenvalue weighted by molar-refractivity contribution is -0.122. The lowest BCUT2D eigenvalue weighted by atomic mass is 10.00. The van der Waals surface area contributed by atoms with Crippen LogP contribution in [-0.4, -0.2) is 59.7 Å². The SMILES string of the molecule is CC1CCCN(CC(C)NC(=O)CCCN2C(=O)c3ccc(Br)cc3C2=O)C1. The summed E-state index contributed by atoms with van der Waals surface area (Å²) in [5.74, 6) is 0.128. The van der Waals surface area contributed by atoms with Gasteiger partial charge in [0, 0.05) is 36.6 Å². The van der Waals surface area contributed by atoms with Gasteiger partial charge in [-0.1, -0.05) is 22.9 Å². The second kappa shape index (κ2) is 9.18. The second-order valence-corrected chi connectivity index (χ2v) is 8.95. The summed E-state index contributed by atoms with van der Waals surface area (Å²) in [7, 11) is 0. The van der Waals surface area contributed by atoms with Crippen LogP contribution in [0.3, 0.4) is 0 Å². The summed E-state index contributed by atoms with van der Waals surface area (Å²) in [5.41, 5.74) is 0.857. The van der Waals surface area contributed by atoms with Crippen LogP contribution in [0.4, 0.5) is 0 Å². The number of carbonyl (C=O) groups is 3. The maximum absolute atomic E-state index is 12.4. The van der Waals surface area contributed by atoms with Crippen LogP contribution in [0.5, 0.6) is 0 Å². The molecule has 1 aromatic rings. The highest BCUT2D eigenvalue weighted by molar-refractivity contribution is 9.10. The first-order valence-corrected chi connectivity index (χ1v) is 10.8. The van der Waals surface area contributed by atoms with Crippen LogP contribution in [0.15, 0.2) is 22.7 Å². The number of piperidine rings is 1. The molecule has 28 heavy (non-hydrogen) atoms. The van der Waals surface area contributed by atoms with E-state index in [9.17, 15) is 14.4 Å². The van der Waals surface area contributed by atoms with Crippen LogP contribution in [-0.2, 0) is 4.79 Å². The molecule has 3 amide bonds. The Hall–Kier alpha value is -1.73. The van der Waals surface area contributed by atoms with E-state index in [1.165, 1.54) is 17.7 Å². The number of fused-ring (bicyclic) bond motifs is 1. The van der Waals surface area contributed by atoms with Crippen LogP contribution < -0.4 is 5.32 Å². The standard InChI is InChI=1S/C21H28BrN3O3/c1-14-5-3-9-24(12-14)13-15(2)23-19(26)6-4-10-25-20(27)17-8-7-16(22)11-18(17)21(25)28/h7-8,11,14-15H,3-6,9-10,12-13H2,1-2H3,(H,23,26). The van der Waals surface area contributed by atoms with Gasteiger partial charge in [0.2, 0.25) is 5.91 Å². The molecule has 2 atom stereocenters. The molecule has 7 heteroatoms. The van der Waals surface area contributed by atoms with Crippen molar-refractivity contribution >= 4 is 33.7 Å². The van der Waals surface area contributed by atoms with Gasteiger partial charge in [-0.15, -0.1) is 0 Å². The minimum atomic E-state index is -0.283. The quantitative estimate of drug-likeness (QED) is 0.649. The average molecular weight is 450 g/mol. The molecule has 1 saturated heterocycles. The topological polar surface area (TPSA) is 69.7 Å². The Morgan fingerprint density at radius 1 is 1.29 bits per heavy atom. The normalized spacial score (nSPS) is 21.0. The number of hydrogen-bond acceptors (Lipinski definition) is 4. The summed E-state index contributed by atoms with van der Waals surface area (Å²) in [6.07, 6.45) is 3.27. The van der Waals surface area contributed by atoms with E-state index in [0.29, 0.717) is 24.0 Å². The molecule has 2 aliphatic heterocycles. The molecular formula is C21H28BrN3O3. The van der Waals surface area contributed by atoms with E-state index in [1.54, 1.807) is 18.2 Å². The molecule has 0 bridgehead atoms. The van der Waals surface area contributed by atoms with Crippen molar-refractivity contribution in [1.29, 1.82) is 0 Å². The first-order valence-electron chi connectivity index (χ1n) is 10.0. The van der Waals surface area contributed by atoms with Crippen molar-refractivity contribution in [3.63, 3.8) is 0 Å². The van der Waals surface area contributed by atoms with E-state index in [0.717, 1.165) is 30.0 Å². The molecule has 6 nitrogen and oxygen atoms in total. The number of nitrogens with one attached hydrogen (secondary N) is 1. The number of rotatable bonds is 7. The van der Waals surface area contributed by atoms with E-state index in [2.05, 4.69) is 33.1 Å². The summed E-state index contributed by atoms with van der Waals surface area (Å²) in [5, 5.41) is 3.04. The molecule has 152 valence electrons. The molecule has 2 heterocycles. The Balaban J connectivity index is 1.42. The molecule has 3 rings (SSSR count). The highest BCUT2D eigenvalue weighted by Gasteiger charge is 2.35. The lowest BCUT2D eigenvalue weighted by Crippen LogP contribution is -2.45. The van der Waals surface area contributed by atoms with Crippen molar-refractivity contribution in [2.24, 2.45) is 5.92 Å². The van der Waals surface area contributed by atoms with Gasteiger partial charge in [-0.25, -0.2) is 0 Å². The third-order valence-electron chi connectivity index (χ3n) is 5.40. The summed E-state index contributed by atoms with van der Waals surface area (Å²) in [6.45, 7) is 7.61. The first-order chi connectivity index (χ1) is 13.3. The maximum atomic E-state index is 12.4. The fourth-order valence-electron chi connectivity index (χ4n) is 4.10. The monoisotopic (exact) mass is 449 g/mol. The number of nitrogens with zero attached hydrogens (tertiary/aromatic N) is 2. The molecule has 2 aliphatic rings. The van der Waals surface area contributed by atoms with Gasteiger partial charge in [0.1, 0.15) is 0 Å².